The van der Waals surface area contributed by atoms with E-state index < -0.39 is 0 Å². The Bertz CT molecular complexity index is 107. The molecule has 100 valence electrons. The molecule has 0 saturated heterocycles. The number of unbranched alkanes of at least 4 members (excludes halogenated alkanes) is 2. The van der Waals surface area contributed by atoms with Crippen LogP contribution in [0.2, 0.25) is 0 Å². The van der Waals surface area contributed by atoms with Gasteiger partial charge in [0.15, 0.2) is 0 Å². The third-order valence-electron chi connectivity index (χ3n) is 3.64. The van der Waals surface area contributed by atoms with Gasteiger partial charge in [0.05, 0.1) is 0 Å². The lowest BCUT2D eigenvalue weighted by Gasteiger charge is -2.14. The highest BCUT2D eigenvalue weighted by Crippen LogP contribution is 2.16. The Kier molecular flexibility index (Phi) is 15.0. The van der Waals surface area contributed by atoms with Crippen molar-refractivity contribution in [2.24, 2.45) is 17.8 Å². The van der Waals surface area contributed by atoms with E-state index in [4.69, 9.17) is 0 Å². The second-order valence-electron chi connectivity index (χ2n) is 5.66. The van der Waals surface area contributed by atoms with Gasteiger partial charge in [-0.3, -0.25) is 0 Å². The highest BCUT2D eigenvalue weighted by molar-refractivity contribution is 4.56. The van der Waals surface area contributed by atoms with Gasteiger partial charge in [-0.25, -0.2) is 0 Å². The zero-order valence-electron chi connectivity index (χ0n) is 13.0. The summed E-state index contributed by atoms with van der Waals surface area (Å²) in [6, 6.07) is 0. The molecule has 0 spiro atoms. The van der Waals surface area contributed by atoms with Crippen LogP contribution in [0.25, 0.3) is 0 Å². The van der Waals surface area contributed by atoms with Crippen LogP contribution in [0, 0.1) is 17.8 Å². The summed E-state index contributed by atoms with van der Waals surface area (Å²) >= 11 is 0. The summed E-state index contributed by atoms with van der Waals surface area (Å²) in [5.41, 5.74) is 0. The van der Waals surface area contributed by atoms with E-state index in [1.54, 1.807) is 0 Å². The molecule has 0 fully saturated rings. The summed E-state index contributed by atoms with van der Waals surface area (Å²) in [6.45, 7) is 16.0. The molecule has 0 aliphatic rings. The molecule has 0 aliphatic carbocycles. The zero-order chi connectivity index (χ0) is 13.0. The standard InChI is InChI=1S/2C8H18/c1-5-7(3)8(4)6-2;1-4-5-6-7-8(2)3/h7-8H,5-6H2,1-4H3;8H,4-7H2,1-3H3. The fourth-order valence-electron chi connectivity index (χ4n) is 1.61. The Hall–Kier alpha value is 0. The summed E-state index contributed by atoms with van der Waals surface area (Å²) in [5.74, 6) is 2.74. The molecule has 0 bridgehead atoms. The maximum absolute atomic E-state index is 2.33. The Morgan fingerprint density at radius 2 is 1.12 bits per heavy atom. The van der Waals surface area contributed by atoms with Crippen LogP contribution < -0.4 is 0 Å². The van der Waals surface area contributed by atoms with E-state index in [0.29, 0.717) is 0 Å². The van der Waals surface area contributed by atoms with Gasteiger partial charge in [-0.05, 0) is 17.8 Å². The summed E-state index contributed by atoms with van der Waals surface area (Å²) in [6.07, 6.45) is 8.26. The Balaban J connectivity index is 0. The topological polar surface area (TPSA) is 0 Å². The van der Waals surface area contributed by atoms with Gasteiger partial charge >= 0.3 is 0 Å². The average Bonchev–Trinajstić information content (AvgIpc) is 2.27. The van der Waals surface area contributed by atoms with Crippen LogP contribution in [0.4, 0.5) is 0 Å². The van der Waals surface area contributed by atoms with Crippen molar-refractivity contribution < 1.29 is 0 Å². The van der Waals surface area contributed by atoms with Crippen molar-refractivity contribution in [2.45, 2.75) is 87.0 Å². The van der Waals surface area contributed by atoms with Gasteiger partial charge in [-0.2, -0.15) is 0 Å². The molecule has 0 rings (SSSR count). The van der Waals surface area contributed by atoms with Crippen molar-refractivity contribution in [3.63, 3.8) is 0 Å². The molecular weight excluding hydrogens is 192 g/mol. The van der Waals surface area contributed by atoms with Crippen molar-refractivity contribution in [1.29, 1.82) is 0 Å². The van der Waals surface area contributed by atoms with Gasteiger partial charge in [0.2, 0.25) is 0 Å². The molecule has 0 nitrogen and oxygen atoms in total. The lowest BCUT2D eigenvalue weighted by atomic mass is 9.92. The van der Waals surface area contributed by atoms with Crippen LogP contribution in [0.15, 0.2) is 0 Å². The third-order valence-corrected chi connectivity index (χ3v) is 3.64. The predicted octanol–water partition coefficient (Wildman–Crippen LogP) is 6.30. The fourth-order valence-corrected chi connectivity index (χ4v) is 1.61. The monoisotopic (exact) mass is 228 g/mol. The molecular formula is C16H36. The molecule has 0 heterocycles. The Morgan fingerprint density at radius 1 is 0.688 bits per heavy atom. The molecule has 0 amide bonds. The minimum absolute atomic E-state index is 0.904. The summed E-state index contributed by atoms with van der Waals surface area (Å²) in [4.78, 5) is 0. The molecule has 0 radical (unpaired) electrons. The van der Waals surface area contributed by atoms with Gasteiger partial charge in [0.1, 0.15) is 0 Å². The minimum Gasteiger partial charge on any atom is -0.0654 e. The second-order valence-corrected chi connectivity index (χ2v) is 5.66. The lowest BCUT2D eigenvalue weighted by molar-refractivity contribution is 0.367. The van der Waals surface area contributed by atoms with E-state index in [9.17, 15) is 0 Å². The molecule has 0 aliphatic heterocycles. The van der Waals surface area contributed by atoms with E-state index in [1.807, 2.05) is 0 Å². The van der Waals surface area contributed by atoms with Crippen molar-refractivity contribution in [2.75, 3.05) is 0 Å². The maximum atomic E-state index is 2.33. The van der Waals surface area contributed by atoms with Gasteiger partial charge < -0.3 is 0 Å². The largest absolute Gasteiger partial charge is 0.0654 e. The van der Waals surface area contributed by atoms with Crippen LogP contribution in [0.1, 0.15) is 87.0 Å². The van der Waals surface area contributed by atoms with Crippen LogP contribution in [0.3, 0.4) is 0 Å². The first-order valence-electron chi connectivity index (χ1n) is 7.49. The molecule has 2 unspecified atom stereocenters. The highest BCUT2D eigenvalue weighted by Gasteiger charge is 2.05. The predicted molar refractivity (Wildman–Crippen MR) is 77.9 cm³/mol. The average molecular weight is 228 g/mol. The second kappa shape index (κ2) is 13.1. The summed E-state index contributed by atoms with van der Waals surface area (Å²) in [5, 5.41) is 0. The minimum atomic E-state index is 0.904. The molecule has 0 N–H and O–H groups in total. The van der Waals surface area contributed by atoms with Crippen molar-refractivity contribution in [3.05, 3.63) is 0 Å². The van der Waals surface area contributed by atoms with E-state index in [1.165, 1.54) is 38.5 Å². The Morgan fingerprint density at radius 3 is 1.38 bits per heavy atom. The first-order valence-corrected chi connectivity index (χ1v) is 7.49. The molecule has 0 aromatic rings. The fraction of sp³-hybridized carbons (Fsp3) is 1.00. The number of hydrogen-bond donors (Lipinski definition) is 0. The summed E-state index contributed by atoms with van der Waals surface area (Å²) in [7, 11) is 0. The zero-order valence-corrected chi connectivity index (χ0v) is 13.0. The van der Waals surface area contributed by atoms with Gasteiger partial charge in [0.25, 0.3) is 0 Å². The lowest BCUT2D eigenvalue weighted by Crippen LogP contribution is -2.04. The number of hydrogen-bond acceptors (Lipinski definition) is 0. The third kappa shape index (κ3) is 14.0. The number of rotatable bonds is 7. The van der Waals surface area contributed by atoms with Gasteiger partial charge in [0, 0.05) is 0 Å². The first kappa shape index (κ1) is 18.4. The maximum Gasteiger partial charge on any atom is -0.0420 e. The highest BCUT2D eigenvalue weighted by atomic mass is 14.1. The Labute approximate surface area is 105 Å². The summed E-state index contributed by atoms with van der Waals surface area (Å²) < 4.78 is 0. The van der Waals surface area contributed by atoms with Crippen LogP contribution in [-0.4, -0.2) is 0 Å². The van der Waals surface area contributed by atoms with Crippen LogP contribution in [-0.2, 0) is 0 Å². The van der Waals surface area contributed by atoms with Crippen LogP contribution >= 0.6 is 0 Å². The smallest absolute Gasteiger partial charge is 0.0420 e. The first-order chi connectivity index (χ1) is 7.49. The molecule has 0 saturated carbocycles. The van der Waals surface area contributed by atoms with E-state index in [2.05, 4.69) is 48.5 Å². The quantitative estimate of drug-likeness (QED) is 0.448. The van der Waals surface area contributed by atoms with Crippen molar-refractivity contribution >= 4 is 0 Å². The van der Waals surface area contributed by atoms with E-state index in [0.717, 1.165) is 17.8 Å². The van der Waals surface area contributed by atoms with Gasteiger partial charge in [-0.1, -0.05) is 87.0 Å². The SMILES string of the molecule is CCC(C)C(C)CC.CCCCCC(C)C. The molecule has 16 heavy (non-hydrogen) atoms. The molecule has 0 aromatic carbocycles. The van der Waals surface area contributed by atoms with Crippen molar-refractivity contribution in [1.82, 2.24) is 0 Å². The van der Waals surface area contributed by atoms with Gasteiger partial charge in [-0.15, -0.1) is 0 Å². The molecule has 0 aromatic heterocycles. The van der Waals surface area contributed by atoms with Crippen LogP contribution in [0.5, 0.6) is 0 Å². The molecule has 0 heteroatoms. The van der Waals surface area contributed by atoms with Crippen molar-refractivity contribution in [3.8, 4) is 0 Å². The normalized spacial score (nSPS) is 14.2. The van der Waals surface area contributed by atoms with E-state index in [-0.39, 0.29) is 0 Å². The molecule has 2 atom stereocenters. The van der Waals surface area contributed by atoms with E-state index >= 15 is 0 Å².